The van der Waals surface area contributed by atoms with E-state index in [-0.39, 0.29) is 29.3 Å². The summed E-state index contributed by atoms with van der Waals surface area (Å²) in [6.07, 6.45) is 3.51. The number of likely N-dealkylation sites (tertiary alicyclic amines) is 1. The number of fused-ring (bicyclic) bond motifs is 1. The van der Waals surface area contributed by atoms with E-state index in [0.29, 0.717) is 21.8 Å². The van der Waals surface area contributed by atoms with Crippen molar-refractivity contribution in [2.75, 3.05) is 24.2 Å². The van der Waals surface area contributed by atoms with Crippen molar-refractivity contribution in [3.05, 3.63) is 65.9 Å². The number of carbonyl (C=O) groups is 1. The van der Waals surface area contributed by atoms with Gasteiger partial charge in [0, 0.05) is 11.1 Å². The Kier molecular flexibility index (Phi) is 7.02. The Bertz CT molecular complexity index is 1420. The lowest BCUT2D eigenvalue weighted by atomic mass is 10.1. The fourth-order valence-electron chi connectivity index (χ4n) is 4.50. The molecule has 2 aromatic carbocycles. The Hall–Kier alpha value is -3.68. The number of halogens is 1. The van der Waals surface area contributed by atoms with E-state index in [0.717, 1.165) is 37.4 Å². The first-order chi connectivity index (χ1) is 17.5. The van der Waals surface area contributed by atoms with Gasteiger partial charge >= 0.3 is 0 Å². The highest BCUT2D eigenvalue weighted by Gasteiger charge is 2.26. The molecule has 1 aliphatic heterocycles. The van der Waals surface area contributed by atoms with Crippen LogP contribution < -0.4 is 5.32 Å². The summed E-state index contributed by atoms with van der Waals surface area (Å²) in [5.41, 5.74) is 1.62. The number of hydrogen-bond donors (Lipinski definition) is 1. The zero-order valence-corrected chi connectivity index (χ0v) is 20.6. The topological polar surface area (TPSA) is 100.0 Å². The number of benzene rings is 2. The number of anilines is 1. The highest BCUT2D eigenvalue weighted by molar-refractivity contribution is 7.99. The molecule has 1 N–H and O–H groups in total. The van der Waals surface area contributed by atoms with Crippen LogP contribution in [-0.4, -0.2) is 44.4 Å². The maximum absolute atomic E-state index is 13.6. The van der Waals surface area contributed by atoms with Crippen LogP contribution in [-0.2, 0) is 4.79 Å². The van der Waals surface area contributed by atoms with Gasteiger partial charge in [-0.25, -0.2) is 4.39 Å². The number of furan rings is 1. The van der Waals surface area contributed by atoms with Crippen LogP contribution in [0.25, 0.3) is 16.7 Å². The van der Waals surface area contributed by atoms with Crippen LogP contribution in [0.5, 0.6) is 0 Å². The Morgan fingerprint density at radius 3 is 2.67 bits per heavy atom. The summed E-state index contributed by atoms with van der Waals surface area (Å²) in [5, 5.41) is 22.3. The second-order valence-electron chi connectivity index (χ2n) is 8.68. The molecule has 0 radical (unpaired) electrons. The number of nitriles is 1. The summed E-state index contributed by atoms with van der Waals surface area (Å²) in [5.74, 6) is 0.219. The molecule has 8 nitrogen and oxygen atoms in total. The number of nitrogens with zero attached hydrogens (tertiary/aromatic N) is 5. The van der Waals surface area contributed by atoms with Gasteiger partial charge in [0.15, 0.2) is 11.0 Å². The van der Waals surface area contributed by atoms with E-state index >= 15 is 0 Å². The number of nitrogens with one attached hydrogen (secondary N) is 1. The molecule has 184 valence electrons. The molecule has 5 rings (SSSR count). The van der Waals surface area contributed by atoms with Gasteiger partial charge in [0.1, 0.15) is 23.2 Å². The largest absolute Gasteiger partial charge is 0.443 e. The Balaban J connectivity index is 1.39. The van der Waals surface area contributed by atoms with Gasteiger partial charge in [-0.15, -0.1) is 10.2 Å². The van der Waals surface area contributed by atoms with E-state index in [1.165, 1.54) is 30.3 Å². The maximum Gasteiger partial charge on any atom is 0.234 e. The van der Waals surface area contributed by atoms with E-state index in [9.17, 15) is 14.4 Å². The molecular weight excluding hydrogens is 479 g/mol. The number of carbonyl (C=O) groups excluding carboxylic acids is 1. The molecule has 1 atom stereocenters. The van der Waals surface area contributed by atoms with Crippen LogP contribution in [0.4, 0.5) is 10.1 Å². The van der Waals surface area contributed by atoms with Gasteiger partial charge in [0.05, 0.1) is 11.8 Å². The minimum Gasteiger partial charge on any atom is -0.443 e. The zero-order valence-electron chi connectivity index (χ0n) is 19.8. The molecule has 3 heterocycles. The molecule has 36 heavy (non-hydrogen) atoms. The number of thioether (sulfide) groups is 1. The summed E-state index contributed by atoms with van der Waals surface area (Å²) < 4.78 is 21.1. The number of hydrogen-bond acceptors (Lipinski definition) is 7. The van der Waals surface area contributed by atoms with Crippen molar-refractivity contribution in [3.8, 4) is 11.8 Å². The molecule has 0 saturated carbocycles. The summed E-state index contributed by atoms with van der Waals surface area (Å²) in [4.78, 5) is 15.3. The lowest BCUT2D eigenvalue weighted by Gasteiger charge is -2.31. The molecule has 0 bridgehead atoms. The fourth-order valence-corrected chi connectivity index (χ4v) is 5.26. The minimum atomic E-state index is -0.327. The van der Waals surface area contributed by atoms with E-state index in [1.54, 1.807) is 30.3 Å². The third-order valence-electron chi connectivity index (χ3n) is 6.35. The van der Waals surface area contributed by atoms with Crippen molar-refractivity contribution in [3.63, 3.8) is 0 Å². The Morgan fingerprint density at radius 2 is 1.92 bits per heavy atom. The van der Waals surface area contributed by atoms with Crippen molar-refractivity contribution in [2.24, 2.45) is 0 Å². The van der Waals surface area contributed by atoms with Crippen LogP contribution in [0, 0.1) is 17.1 Å². The number of rotatable bonds is 7. The molecule has 1 aliphatic rings. The number of piperidine rings is 1. The lowest BCUT2D eigenvalue weighted by Crippen LogP contribution is -2.33. The molecule has 1 unspecified atom stereocenters. The maximum atomic E-state index is 13.6. The molecule has 1 amide bonds. The first-order valence-electron chi connectivity index (χ1n) is 11.8. The predicted octanol–water partition coefficient (Wildman–Crippen LogP) is 5.30. The first-order valence-corrected chi connectivity index (χ1v) is 12.8. The van der Waals surface area contributed by atoms with Gasteiger partial charge < -0.3 is 9.73 Å². The quantitative estimate of drug-likeness (QED) is 0.341. The molecule has 0 aliphatic carbocycles. The summed E-state index contributed by atoms with van der Waals surface area (Å²) in [7, 11) is 0. The fraction of sp³-hybridized carbons (Fsp3) is 0.308. The highest BCUT2D eigenvalue weighted by Crippen LogP contribution is 2.32. The van der Waals surface area contributed by atoms with Gasteiger partial charge in [-0.3, -0.25) is 14.3 Å². The summed E-state index contributed by atoms with van der Waals surface area (Å²) >= 11 is 1.23. The van der Waals surface area contributed by atoms with Crippen LogP contribution in [0.3, 0.4) is 0 Å². The van der Waals surface area contributed by atoms with E-state index in [4.69, 9.17) is 4.42 Å². The second-order valence-corrected chi connectivity index (χ2v) is 9.62. The molecule has 1 fully saturated rings. The predicted molar refractivity (Wildman–Crippen MR) is 135 cm³/mol. The van der Waals surface area contributed by atoms with E-state index in [1.807, 2.05) is 16.7 Å². The molecular formula is C26H25FN6O2S. The summed E-state index contributed by atoms with van der Waals surface area (Å²) in [6, 6.07) is 15.4. The van der Waals surface area contributed by atoms with Crippen LogP contribution in [0.1, 0.15) is 43.8 Å². The van der Waals surface area contributed by atoms with Crippen LogP contribution >= 0.6 is 11.8 Å². The molecule has 1 saturated heterocycles. The molecule has 4 aromatic rings. The molecule has 10 heteroatoms. The Morgan fingerprint density at radius 1 is 1.17 bits per heavy atom. The number of para-hydroxylation sites is 1. The normalized spacial score (nSPS) is 15.0. The standard InChI is InChI=1S/C26H25FN6O2S/c1-17(32-13-5-2-6-14-32)25-30-31-26(33(25)19-11-9-18(27)10-12-19)36-16-23(34)29-24-20-7-3-4-8-21(20)35-22(24)15-28/h3-4,7-12,17H,2,5-6,13-14,16H2,1H3,(H,29,34). The lowest BCUT2D eigenvalue weighted by molar-refractivity contribution is -0.113. The SMILES string of the molecule is CC(c1nnc(SCC(=O)Nc2c(C#N)oc3ccccc23)n1-c1ccc(F)cc1)N1CCCCC1. The minimum absolute atomic E-state index is 0.0153. The van der Waals surface area contributed by atoms with Crippen molar-refractivity contribution in [1.82, 2.24) is 19.7 Å². The third-order valence-corrected chi connectivity index (χ3v) is 7.28. The smallest absolute Gasteiger partial charge is 0.234 e. The first kappa shape index (κ1) is 24.0. The zero-order chi connectivity index (χ0) is 25.1. The number of amides is 1. The van der Waals surface area contributed by atoms with Crippen LogP contribution in [0.15, 0.2) is 58.1 Å². The number of aromatic nitrogens is 3. The third kappa shape index (κ3) is 4.85. The highest BCUT2D eigenvalue weighted by atomic mass is 32.2. The average Bonchev–Trinajstić information content (AvgIpc) is 3.49. The van der Waals surface area contributed by atoms with Gasteiger partial charge in [0.25, 0.3) is 0 Å². The van der Waals surface area contributed by atoms with Gasteiger partial charge in [-0.05, 0) is 69.3 Å². The summed E-state index contributed by atoms with van der Waals surface area (Å²) in [6.45, 7) is 4.08. The van der Waals surface area contributed by atoms with Crippen molar-refractivity contribution >= 4 is 34.3 Å². The molecule has 2 aromatic heterocycles. The molecule has 0 spiro atoms. The monoisotopic (exact) mass is 504 g/mol. The van der Waals surface area contributed by atoms with Gasteiger partial charge in [-0.1, -0.05) is 30.3 Å². The van der Waals surface area contributed by atoms with Gasteiger partial charge in [-0.2, -0.15) is 5.26 Å². The second kappa shape index (κ2) is 10.5. The average molecular weight is 505 g/mol. The van der Waals surface area contributed by atoms with Crippen molar-refractivity contribution in [2.45, 2.75) is 37.4 Å². The van der Waals surface area contributed by atoms with E-state index < -0.39 is 0 Å². The van der Waals surface area contributed by atoms with Crippen molar-refractivity contribution < 1.29 is 13.6 Å². The van der Waals surface area contributed by atoms with E-state index in [2.05, 4.69) is 27.3 Å². The van der Waals surface area contributed by atoms with Crippen molar-refractivity contribution in [1.29, 1.82) is 5.26 Å². The van der Waals surface area contributed by atoms with Crippen LogP contribution in [0.2, 0.25) is 0 Å². The Labute approximate surface area is 212 Å². The van der Waals surface area contributed by atoms with Gasteiger partial charge in [0.2, 0.25) is 11.7 Å².